The van der Waals surface area contributed by atoms with Crippen molar-refractivity contribution >= 4 is 11.8 Å². The highest BCUT2D eigenvalue weighted by Gasteiger charge is 2.21. The van der Waals surface area contributed by atoms with Gasteiger partial charge in [-0.05, 0) is 45.6 Å². The second-order valence-electron chi connectivity index (χ2n) is 4.88. The summed E-state index contributed by atoms with van der Waals surface area (Å²) < 4.78 is 0. The average molecular weight is 278 g/mol. The van der Waals surface area contributed by atoms with Crippen molar-refractivity contribution in [1.82, 2.24) is 9.97 Å². The van der Waals surface area contributed by atoms with Gasteiger partial charge in [-0.2, -0.15) is 5.26 Å². The molecule has 104 valence electrons. The number of nitriles is 1. The number of nitrogens with two attached hydrogens (primary N) is 1. The lowest BCUT2D eigenvalue weighted by molar-refractivity contribution is 0.478. The fourth-order valence-electron chi connectivity index (χ4n) is 1.67. The number of aromatic nitrogens is 2. The molecule has 0 fully saturated rings. The summed E-state index contributed by atoms with van der Waals surface area (Å²) in [5.74, 6) is 0.891. The van der Waals surface area contributed by atoms with Crippen LogP contribution in [0.5, 0.6) is 0 Å². The molecule has 1 atom stereocenters. The van der Waals surface area contributed by atoms with Crippen LogP contribution in [0, 0.1) is 32.1 Å². The zero-order chi connectivity index (χ0) is 14.5. The van der Waals surface area contributed by atoms with E-state index in [1.54, 1.807) is 11.8 Å². The van der Waals surface area contributed by atoms with Gasteiger partial charge in [0, 0.05) is 17.1 Å². The molecule has 19 heavy (non-hydrogen) atoms. The lowest BCUT2D eigenvalue weighted by atomic mass is 9.94. The topological polar surface area (TPSA) is 75.6 Å². The molecule has 0 spiro atoms. The van der Waals surface area contributed by atoms with Gasteiger partial charge in [-0.15, -0.1) is 0 Å². The summed E-state index contributed by atoms with van der Waals surface area (Å²) in [6.07, 6.45) is 2.31. The van der Waals surface area contributed by atoms with E-state index in [1.165, 1.54) is 0 Å². The Kier molecular flexibility index (Phi) is 5.77. The minimum atomic E-state index is -0.680. The fraction of sp³-hybridized carbons (Fsp3) is 0.643. The highest BCUT2D eigenvalue weighted by Crippen LogP contribution is 2.20. The van der Waals surface area contributed by atoms with Crippen LogP contribution in [0.2, 0.25) is 0 Å². The van der Waals surface area contributed by atoms with Crippen LogP contribution < -0.4 is 5.73 Å². The molecule has 0 saturated heterocycles. The third-order valence-electron chi connectivity index (χ3n) is 3.46. The maximum absolute atomic E-state index is 9.00. The van der Waals surface area contributed by atoms with Crippen molar-refractivity contribution in [3.8, 4) is 6.07 Å². The molecular formula is C14H22N4S. The van der Waals surface area contributed by atoms with Gasteiger partial charge in [0.15, 0.2) is 5.16 Å². The first-order valence-corrected chi connectivity index (χ1v) is 7.55. The first-order chi connectivity index (χ1) is 8.91. The minimum Gasteiger partial charge on any atom is -0.313 e. The first kappa shape index (κ1) is 15.9. The van der Waals surface area contributed by atoms with Gasteiger partial charge in [-0.25, -0.2) is 9.97 Å². The number of nitrogens with zero attached hydrogens (tertiary/aromatic N) is 3. The van der Waals surface area contributed by atoms with Crippen molar-refractivity contribution in [1.29, 1.82) is 5.26 Å². The molecule has 2 N–H and O–H groups in total. The van der Waals surface area contributed by atoms with E-state index < -0.39 is 5.54 Å². The molecule has 1 unspecified atom stereocenters. The molecule has 0 amide bonds. The predicted molar refractivity (Wildman–Crippen MR) is 79.0 cm³/mol. The number of hydrogen-bond acceptors (Lipinski definition) is 5. The monoisotopic (exact) mass is 278 g/mol. The molecule has 0 aromatic carbocycles. The second kappa shape index (κ2) is 6.88. The minimum absolute atomic E-state index is 0.680. The molecule has 5 heteroatoms. The van der Waals surface area contributed by atoms with E-state index in [-0.39, 0.29) is 0 Å². The van der Waals surface area contributed by atoms with Gasteiger partial charge in [0.2, 0.25) is 0 Å². The predicted octanol–water partition coefficient (Wildman–Crippen LogP) is 2.91. The summed E-state index contributed by atoms with van der Waals surface area (Å²) in [4.78, 5) is 8.93. The van der Waals surface area contributed by atoms with Gasteiger partial charge in [-0.3, -0.25) is 0 Å². The zero-order valence-electron chi connectivity index (χ0n) is 12.2. The lowest BCUT2D eigenvalue weighted by Crippen LogP contribution is -2.37. The molecule has 1 rings (SSSR count). The zero-order valence-corrected chi connectivity index (χ0v) is 13.0. The Bertz CT molecular complexity index is 458. The van der Waals surface area contributed by atoms with E-state index in [9.17, 15) is 0 Å². The summed E-state index contributed by atoms with van der Waals surface area (Å²) in [6, 6.07) is 2.19. The van der Waals surface area contributed by atoms with E-state index in [2.05, 4.69) is 16.0 Å². The van der Waals surface area contributed by atoms with Crippen LogP contribution in [0.1, 0.15) is 43.1 Å². The van der Waals surface area contributed by atoms with Crippen molar-refractivity contribution in [3.63, 3.8) is 0 Å². The highest BCUT2D eigenvalue weighted by atomic mass is 32.2. The van der Waals surface area contributed by atoms with Crippen LogP contribution >= 0.6 is 11.8 Å². The van der Waals surface area contributed by atoms with Gasteiger partial charge in [0.25, 0.3) is 0 Å². The van der Waals surface area contributed by atoms with E-state index in [0.29, 0.717) is 6.42 Å². The smallest absolute Gasteiger partial charge is 0.187 e. The Morgan fingerprint density at radius 1 is 1.26 bits per heavy atom. The number of thioether (sulfide) groups is 1. The fourth-order valence-corrected chi connectivity index (χ4v) is 2.54. The number of rotatable bonds is 6. The van der Waals surface area contributed by atoms with Gasteiger partial charge < -0.3 is 5.73 Å². The van der Waals surface area contributed by atoms with Crippen molar-refractivity contribution in [2.75, 3.05) is 5.75 Å². The summed E-state index contributed by atoms with van der Waals surface area (Å²) in [7, 11) is 0. The van der Waals surface area contributed by atoms with Crippen LogP contribution in [-0.2, 0) is 0 Å². The third kappa shape index (κ3) is 4.48. The highest BCUT2D eigenvalue weighted by molar-refractivity contribution is 7.99. The molecule has 0 saturated carbocycles. The standard InChI is InChI=1S/C14H22N4S/c1-5-14(16,9-15)7-6-8-19-13-17-11(3)10(2)12(4)18-13/h5-8,16H2,1-4H3. The summed E-state index contributed by atoms with van der Waals surface area (Å²) in [5, 5.41) is 9.81. The van der Waals surface area contributed by atoms with Gasteiger partial charge in [0.1, 0.15) is 5.54 Å². The number of aryl methyl sites for hydroxylation is 2. The summed E-state index contributed by atoms with van der Waals surface area (Å²) in [6.45, 7) is 8.00. The molecule has 1 heterocycles. The molecule has 0 radical (unpaired) electrons. The number of hydrogen-bond donors (Lipinski definition) is 1. The first-order valence-electron chi connectivity index (χ1n) is 6.56. The van der Waals surface area contributed by atoms with Crippen molar-refractivity contribution in [2.24, 2.45) is 5.73 Å². The van der Waals surface area contributed by atoms with Crippen LogP contribution in [0.15, 0.2) is 5.16 Å². The van der Waals surface area contributed by atoms with Gasteiger partial charge >= 0.3 is 0 Å². The quantitative estimate of drug-likeness (QED) is 0.492. The third-order valence-corrected chi connectivity index (χ3v) is 4.40. The Labute approximate surface area is 119 Å². The maximum Gasteiger partial charge on any atom is 0.187 e. The van der Waals surface area contributed by atoms with Crippen LogP contribution in [0.4, 0.5) is 0 Å². The van der Waals surface area contributed by atoms with Crippen molar-refractivity contribution in [3.05, 3.63) is 17.0 Å². The molecule has 0 aliphatic rings. The Morgan fingerprint density at radius 2 is 1.84 bits per heavy atom. The molecule has 1 aromatic heterocycles. The molecule has 4 nitrogen and oxygen atoms in total. The van der Waals surface area contributed by atoms with Gasteiger partial charge in [-0.1, -0.05) is 18.7 Å². The average Bonchev–Trinajstić information content (AvgIpc) is 2.40. The van der Waals surface area contributed by atoms with Gasteiger partial charge in [0.05, 0.1) is 6.07 Å². The van der Waals surface area contributed by atoms with E-state index >= 15 is 0 Å². The molecular weight excluding hydrogens is 256 g/mol. The maximum atomic E-state index is 9.00. The Balaban J connectivity index is 2.49. The summed E-state index contributed by atoms with van der Waals surface area (Å²) >= 11 is 1.63. The molecule has 0 bridgehead atoms. The van der Waals surface area contributed by atoms with E-state index in [0.717, 1.165) is 40.7 Å². The Hall–Kier alpha value is -1.12. The van der Waals surface area contributed by atoms with Crippen LogP contribution in [-0.4, -0.2) is 21.3 Å². The van der Waals surface area contributed by atoms with E-state index in [4.69, 9.17) is 11.0 Å². The molecule has 0 aliphatic carbocycles. The van der Waals surface area contributed by atoms with Crippen molar-refractivity contribution in [2.45, 2.75) is 57.7 Å². The Morgan fingerprint density at radius 3 is 2.32 bits per heavy atom. The largest absolute Gasteiger partial charge is 0.313 e. The molecule has 0 aliphatic heterocycles. The normalized spacial score (nSPS) is 13.9. The molecule has 1 aromatic rings. The van der Waals surface area contributed by atoms with Crippen LogP contribution in [0.25, 0.3) is 0 Å². The second-order valence-corrected chi connectivity index (χ2v) is 5.94. The SMILES string of the molecule is CCC(N)(C#N)CCCSc1nc(C)c(C)c(C)n1. The van der Waals surface area contributed by atoms with E-state index in [1.807, 2.05) is 27.7 Å². The van der Waals surface area contributed by atoms with Crippen LogP contribution in [0.3, 0.4) is 0 Å². The van der Waals surface area contributed by atoms with Crippen molar-refractivity contribution < 1.29 is 0 Å². The summed E-state index contributed by atoms with van der Waals surface area (Å²) in [5.41, 5.74) is 8.49. The lowest BCUT2D eigenvalue weighted by Gasteiger charge is -2.18.